The molecule has 0 unspecified atom stereocenters. The van der Waals surface area contributed by atoms with Crippen LogP contribution in [0.3, 0.4) is 0 Å². The summed E-state index contributed by atoms with van der Waals surface area (Å²) < 4.78 is 28.6. The second-order valence-electron chi connectivity index (χ2n) is 4.77. The zero-order valence-electron chi connectivity index (χ0n) is 12.0. The molecule has 0 radical (unpaired) electrons. The maximum atomic E-state index is 11.8. The fourth-order valence-electron chi connectivity index (χ4n) is 1.74. The molecule has 0 saturated heterocycles. The molecular weight excluding hydrogens is 328 g/mol. The van der Waals surface area contributed by atoms with E-state index in [1.54, 1.807) is 25.2 Å². The van der Waals surface area contributed by atoms with Gasteiger partial charge in [0.2, 0.25) is 0 Å². The summed E-state index contributed by atoms with van der Waals surface area (Å²) in [4.78, 5) is 7.40. The summed E-state index contributed by atoms with van der Waals surface area (Å²) in [5.74, 6) is 0. The lowest BCUT2D eigenvalue weighted by molar-refractivity contribution is 0.575. The van der Waals surface area contributed by atoms with Crippen molar-refractivity contribution in [2.24, 2.45) is 5.73 Å². The molecule has 0 aromatic carbocycles. The van der Waals surface area contributed by atoms with E-state index in [4.69, 9.17) is 5.73 Å². The van der Waals surface area contributed by atoms with Gasteiger partial charge in [0.1, 0.15) is 0 Å². The second-order valence-corrected chi connectivity index (χ2v) is 8.59. The molecule has 0 aliphatic rings. The molecule has 0 aliphatic carbocycles. The van der Waals surface area contributed by atoms with Crippen molar-refractivity contribution in [1.29, 1.82) is 0 Å². The van der Waals surface area contributed by atoms with E-state index in [1.807, 2.05) is 19.1 Å². The predicted octanol–water partition coefficient (Wildman–Crippen LogP) is 2.29. The molecule has 4 N–H and O–H groups in total. The molecule has 0 atom stereocenters. The van der Waals surface area contributed by atoms with Gasteiger partial charge in [-0.15, -0.1) is 22.7 Å². The highest BCUT2D eigenvalue weighted by atomic mass is 32.2. The maximum Gasteiger partial charge on any atom is 0.301 e. The van der Waals surface area contributed by atoms with Crippen molar-refractivity contribution in [2.45, 2.75) is 33.4 Å². The Balaban J connectivity index is 2.23. The molecule has 2 heterocycles. The quantitative estimate of drug-likeness (QED) is 0.747. The predicted molar refractivity (Wildman–Crippen MR) is 88.9 cm³/mol. The number of rotatable bonds is 6. The van der Waals surface area contributed by atoms with E-state index in [0.717, 1.165) is 20.3 Å². The van der Waals surface area contributed by atoms with Crippen LogP contribution in [0.5, 0.6) is 0 Å². The van der Waals surface area contributed by atoms with Crippen molar-refractivity contribution < 1.29 is 8.42 Å². The van der Waals surface area contributed by atoms with Gasteiger partial charge in [-0.1, -0.05) is 0 Å². The van der Waals surface area contributed by atoms with E-state index >= 15 is 0 Å². The van der Waals surface area contributed by atoms with Gasteiger partial charge < -0.3 is 5.73 Å². The normalized spacial score (nSPS) is 12.0. The van der Waals surface area contributed by atoms with Crippen LogP contribution in [0.25, 0.3) is 10.6 Å². The second kappa shape index (κ2) is 6.41. The van der Waals surface area contributed by atoms with Gasteiger partial charge in [-0.05, 0) is 32.9 Å². The van der Waals surface area contributed by atoms with Crippen molar-refractivity contribution >= 4 is 38.0 Å². The number of hydrogen-bond acceptors (Lipinski definition) is 6. The Kier molecular flexibility index (Phi) is 4.99. The van der Waals surface area contributed by atoms with Crippen LogP contribution in [0.15, 0.2) is 12.1 Å². The molecule has 2 aromatic rings. The zero-order valence-corrected chi connectivity index (χ0v) is 14.5. The van der Waals surface area contributed by atoms with Crippen LogP contribution in [0.1, 0.15) is 23.6 Å². The Hall–Kier alpha value is -1.00. The zero-order chi connectivity index (χ0) is 15.6. The highest BCUT2D eigenvalue weighted by Crippen LogP contribution is 2.34. The fourth-order valence-corrected chi connectivity index (χ4v) is 4.87. The molecule has 116 valence electrons. The van der Waals surface area contributed by atoms with Gasteiger partial charge in [0, 0.05) is 22.3 Å². The first-order valence-corrected chi connectivity index (χ1v) is 9.49. The molecule has 21 heavy (non-hydrogen) atoms. The molecule has 2 rings (SSSR count). The number of thiazole rings is 1. The van der Waals surface area contributed by atoms with Gasteiger partial charge in [-0.25, -0.2) is 9.71 Å². The van der Waals surface area contributed by atoms with E-state index < -0.39 is 10.2 Å². The average Bonchev–Trinajstić information content (AvgIpc) is 2.93. The van der Waals surface area contributed by atoms with Gasteiger partial charge in [0.25, 0.3) is 0 Å². The van der Waals surface area contributed by atoms with Gasteiger partial charge in [0.05, 0.1) is 10.6 Å². The van der Waals surface area contributed by atoms with Gasteiger partial charge >= 0.3 is 10.2 Å². The van der Waals surface area contributed by atoms with Crippen LogP contribution in [-0.2, 0) is 16.8 Å². The molecule has 0 fully saturated rings. The number of nitrogens with two attached hydrogens (primary N) is 1. The lowest BCUT2D eigenvalue weighted by Crippen LogP contribution is -2.35. The molecule has 0 amide bonds. The van der Waals surface area contributed by atoms with E-state index in [0.29, 0.717) is 11.7 Å². The smallest absolute Gasteiger partial charge is 0.301 e. The third-order valence-electron chi connectivity index (χ3n) is 2.51. The van der Waals surface area contributed by atoms with Crippen LogP contribution in [-0.4, -0.2) is 19.4 Å². The topological polar surface area (TPSA) is 97.1 Å². The van der Waals surface area contributed by atoms with E-state index in [-0.39, 0.29) is 6.04 Å². The van der Waals surface area contributed by atoms with Crippen molar-refractivity contribution in [2.75, 3.05) is 4.72 Å². The van der Waals surface area contributed by atoms with Crippen molar-refractivity contribution in [1.82, 2.24) is 9.71 Å². The Bertz CT molecular complexity index is 719. The standard InChI is InChI=1S/C12H18N4O2S3/c1-7(2)15-21(17,18)16-12-14-11(8(3)19-12)10-5-4-9(6-13)20-10/h4-5,7,15H,6,13H2,1-3H3,(H,14,16). The molecule has 6 nitrogen and oxygen atoms in total. The van der Waals surface area contributed by atoms with Crippen LogP contribution < -0.4 is 15.2 Å². The highest BCUT2D eigenvalue weighted by molar-refractivity contribution is 7.91. The number of nitrogens with zero attached hydrogens (tertiary/aromatic N) is 1. The molecule has 0 aliphatic heterocycles. The Morgan fingerprint density at radius 2 is 2.05 bits per heavy atom. The van der Waals surface area contributed by atoms with E-state index in [2.05, 4.69) is 14.4 Å². The first kappa shape index (κ1) is 16.4. The Morgan fingerprint density at radius 3 is 2.62 bits per heavy atom. The number of hydrogen-bond donors (Lipinski definition) is 3. The Labute approximate surface area is 132 Å². The minimum Gasteiger partial charge on any atom is -0.326 e. The minimum atomic E-state index is -3.59. The minimum absolute atomic E-state index is 0.174. The van der Waals surface area contributed by atoms with Gasteiger partial charge in [-0.2, -0.15) is 13.1 Å². The SMILES string of the molecule is Cc1sc(NS(=O)(=O)NC(C)C)nc1-c1ccc(CN)s1. The number of aromatic nitrogens is 1. The fraction of sp³-hybridized carbons (Fsp3) is 0.417. The Morgan fingerprint density at radius 1 is 1.33 bits per heavy atom. The summed E-state index contributed by atoms with van der Waals surface area (Å²) in [6.45, 7) is 5.93. The number of nitrogens with one attached hydrogen (secondary N) is 2. The molecule has 9 heteroatoms. The third-order valence-corrected chi connectivity index (χ3v) is 5.88. The number of aryl methyl sites for hydroxylation is 1. The summed E-state index contributed by atoms with van der Waals surface area (Å²) >= 11 is 2.88. The van der Waals surface area contributed by atoms with Crippen molar-refractivity contribution in [3.05, 3.63) is 21.9 Å². The maximum absolute atomic E-state index is 11.8. The molecule has 0 spiro atoms. The molecule has 0 saturated carbocycles. The van der Waals surface area contributed by atoms with Crippen LogP contribution in [0.2, 0.25) is 0 Å². The lowest BCUT2D eigenvalue weighted by atomic mass is 10.3. The summed E-state index contributed by atoms with van der Waals surface area (Å²) in [7, 11) is -3.59. The first-order chi connectivity index (χ1) is 9.80. The molecule has 0 bridgehead atoms. The number of anilines is 1. The van der Waals surface area contributed by atoms with Gasteiger partial charge in [0.15, 0.2) is 5.13 Å². The highest BCUT2D eigenvalue weighted by Gasteiger charge is 2.17. The van der Waals surface area contributed by atoms with Crippen LogP contribution in [0.4, 0.5) is 5.13 Å². The van der Waals surface area contributed by atoms with E-state index in [1.165, 1.54) is 11.3 Å². The third kappa shape index (κ3) is 4.24. The first-order valence-electron chi connectivity index (χ1n) is 6.37. The average molecular weight is 347 g/mol. The van der Waals surface area contributed by atoms with Crippen molar-refractivity contribution in [3.8, 4) is 10.6 Å². The van der Waals surface area contributed by atoms with E-state index in [9.17, 15) is 8.42 Å². The largest absolute Gasteiger partial charge is 0.326 e. The molecule has 2 aromatic heterocycles. The van der Waals surface area contributed by atoms with Crippen LogP contribution >= 0.6 is 22.7 Å². The van der Waals surface area contributed by atoms with Gasteiger partial charge in [-0.3, -0.25) is 0 Å². The summed E-state index contributed by atoms with van der Waals surface area (Å²) in [5, 5.41) is 0.360. The molecular formula is C12H18N4O2S3. The van der Waals surface area contributed by atoms with Crippen LogP contribution in [0, 0.1) is 6.92 Å². The lowest BCUT2D eigenvalue weighted by Gasteiger charge is -2.09. The van der Waals surface area contributed by atoms with Crippen molar-refractivity contribution in [3.63, 3.8) is 0 Å². The number of thiophene rings is 1. The summed E-state index contributed by atoms with van der Waals surface area (Å²) in [6, 6.07) is 3.75. The summed E-state index contributed by atoms with van der Waals surface area (Å²) in [6.07, 6.45) is 0. The monoisotopic (exact) mass is 346 g/mol. The summed E-state index contributed by atoms with van der Waals surface area (Å²) in [5.41, 5.74) is 6.40.